The number of rotatable bonds is 2. The molecule has 0 bridgehead atoms. The maximum Gasteiger partial charge on any atom is 0.268 e. The molecule has 6 N–H and O–H groups in total. The van der Waals surface area contributed by atoms with Crippen molar-refractivity contribution in [1.29, 1.82) is 0 Å². The molecule has 9 heavy (non-hydrogen) atoms. The molecule has 0 aliphatic heterocycles. The van der Waals surface area contributed by atoms with Gasteiger partial charge in [0.1, 0.15) is 0 Å². The van der Waals surface area contributed by atoms with Crippen LogP contribution in [0.2, 0.25) is 0 Å². The lowest BCUT2D eigenvalue weighted by molar-refractivity contribution is 0.471. The third-order valence-electron chi connectivity index (χ3n) is 0.840. The second-order valence-electron chi connectivity index (χ2n) is 1.56. The van der Waals surface area contributed by atoms with Gasteiger partial charge in [0, 0.05) is 6.54 Å². The second-order valence-corrected chi connectivity index (χ2v) is 3.40. The highest BCUT2D eigenvalue weighted by Gasteiger charge is 2.13. The minimum Gasteiger partial charge on any atom is -0.344 e. The average Bonchev–Trinajstić information content (AvgIpc) is 1.62. The van der Waals surface area contributed by atoms with Crippen molar-refractivity contribution < 1.29 is 13.0 Å². The fourth-order valence-electron chi connectivity index (χ4n) is 0.122. The van der Waals surface area contributed by atoms with Crippen LogP contribution in [0.25, 0.3) is 0 Å². The summed E-state index contributed by atoms with van der Waals surface area (Å²) in [5.74, 6) is 0. The van der Waals surface area contributed by atoms with Crippen LogP contribution in [0.3, 0.4) is 0 Å². The molecule has 5 nitrogen and oxygen atoms in total. The molecule has 0 aromatic rings. The van der Waals surface area contributed by atoms with Gasteiger partial charge in [-0.05, 0) is 6.92 Å². The summed E-state index contributed by atoms with van der Waals surface area (Å²) in [5.41, 5.74) is 4.92. The summed E-state index contributed by atoms with van der Waals surface area (Å²) >= 11 is 0. The highest BCUT2D eigenvalue weighted by molar-refractivity contribution is 7.86. The molecule has 0 spiro atoms. The van der Waals surface area contributed by atoms with Crippen LogP contribution in [0.1, 0.15) is 6.92 Å². The molecule has 0 saturated heterocycles. The predicted octanol–water partition coefficient (Wildman–Crippen LogP) is -0.617. The maximum atomic E-state index is 10.0. The van der Waals surface area contributed by atoms with Crippen molar-refractivity contribution in [3.8, 4) is 0 Å². The van der Waals surface area contributed by atoms with Crippen molar-refractivity contribution in [3.63, 3.8) is 0 Å². The number of hydrogen-bond acceptors (Lipinski definition) is 4. The molecule has 0 aliphatic rings. The van der Waals surface area contributed by atoms with Crippen LogP contribution in [0.15, 0.2) is 0 Å². The third kappa shape index (κ3) is 4.34. The molecule has 58 valence electrons. The van der Waals surface area contributed by atoms with E-state index in [-0.39, 0.29) is 12.7 Å². The molecule has 0 aromatic carbocycles. The third-order valence-corrected chi connectivity index (χ3v) is 2.05. The Kier molecular flexibility index (Phi) is 4.87. The summed E-state index contributed by atoms with van der Waals surface area (Å²) in [4.78, 5) is 0. The first-order valence-corrected chi connectivity index (χ1v) is 3.65. The van der Waals surface area contributed by atoms with Crippen LogP contribution in [0.4, 0.5) is 0 Å². The van der Waals surface area contributed by atoms with Gasteiger partial charge in [-0.2, -0.15) is 8.42 Å². The lowest BCUT2D eigenvalue weighted by Crippen LogP contribution is -2.25. The minimum absolute atomic E-state index is 0. The molecule has 0 heterocycles. The standard InChI is InChI=1S/C3H9NO3S.H3N/c1-3(2-4)8(5,6)7;/h3H,2,4H2,1H3,(H,5,6,7);1H3. The SMILES string of the molecule is CC(CN)S(=O)(=O)O.N. The predicted molar refractivity (Wildman–Crippen MR) is 35.1 cm³/mol. The lowest BCUT2D eigenvalue weighted by atomic mass is 10.5. The van der Waals surface area contributed by atoms with Crippen LogP contribution >= 0.6 is 0 Å². The number of nitrogens with two attached hydrogens (primary N) is 1. The lowest BCUT2D eigenvalue weighted by Gasteiger charge is -2.00. The fraction of sp³-hybridized carbons (Fsp3) is 1.00. The molecule has 0 rings (SSSR count). The highest BCUT2D eigenvalue weighted by Crippen LogP contribution is 1.91. The molecular weight excluding hydrogens is 144 g/mol. The Morgan fingerprint density at radius 2 is 2.00 bits per heavy atom. The van der Waals surface area contributed by atoms with Crippen molar-refractivity contribution in [1.82, 2.24) is 6.15 Å². The Morgan fingerprint density at radius 3 is 2.00 bits per heavy atom. The Morgan fingerprint density at radius 1 is 1.67 bits per heavy atom. The minimum atomic E-state index is -3.88. The van der Waals surface area contributed by atoms with Crippen LogP contribution < -0.4 is 11.9 Å². The van der Waals surface area contributed by atoms with E-state index in [0.717, 1.165) is 0 Å². The second kappa shape index (κ2) is 3.78. The zero-order valence-electron chi connectivity index (χ0n) is 5.24. The van der Waals surface area contributed by atoms with E-state index in [2.05, 4.69) is 0 Å². The topological polar surface area (TPSA) is 115 Å². The molecule has 0 radical (unpaired) electrons. The van der Waals surface area contributed by atoms with Gasteiger partial charge in [-0.25, -0.2) is 0 Å². The molecule has 1 atom stereocenters. The summed E-state index contributed by atoms with van der Waals surface area (Å²) in [5, 5.41) is -0.845. The molecule has 0 saturated carbocycles. The van der Waals surface area contributed by atoms with E-state index in [4.69, 9.17) is 10.3 Å². The summed E-state index contributed by atoms with van der Waals surface area (Å²) in [6, 6.07) is 0. The number of hydrogen-bond donors (Lipinski definition) is 3. The smallest absolute Gasteiger partial charge is 0.268 e. The van der Waals surface area contributed by atoms with E-state index in [1.165, 1.54) is 6.92 Å². The Balaban J connectivity index is 0. The quantitative estimate of drug-likeness (QED) is 0.461. The first-order chi connectivity index (χ1) is 3.48. The Bertz CT molecular complexity index is 152. The molecule has 0 aromatic heterocycles. The van der Waals surface area contributed by atoms with Crippen LogP contribution in [-0.2, 0) is 10.1 Å². The molecule has 0 aliphatic carbocycles. The van der Waals surface area contributed by atoms with Gasteiger partial charge in [-0.1, -0.05) is 0 Å². The van der Waals surface area contributed by atoms with E-state index in [9.17, 15) is 8.42 Å². The van der Waals surface area contributed by atoms with Gasteiger partial charge in [0.05, 0.1) is 5.25 Å². The molecule has 6 heteroatoms. The van der Waals surface area contributed by atoms with Crippen molar-refractivity contribution in [2.45, 2.75) is 12.2 Å². The van der Waals surface area contributed by atoms with Crippen molar-refractivity contribution in [2.75, 3.05) is 6.54 Å². The zero-order valence-corrected chi connectivity index (χ0v) is 6.06. The zero-order chi connectivity index (χ0) is 6.78. The van der Waals surface area contributed by atoms with Crippen LogP contribution in [0, 0.1) is 0 Å². The van der Waals surface area contributed by atoms with E-state index in [1.807, 2.05) is 0 Å². The van der Waals surface area contributed by atoms with Crippen molar-refractivity contribution >= 4 is 10.1 Å². The van der Waals surface area contributed by atoms with Gasteiger partial charge in [0.25, 0.3) is 10.1 Å². The van der Waals surface area contributed by atoms with E-state index < -0.39 is 15.4 Å². The van der Waals surface area contributed by atoms with Crippen molar-refractivity contribution in [2.24, 2.45) is 5.73 Å². The van der Waals surface area contributed by atoms with Gasteiger partial charge in [0.15, 0.2) is 0 Å². The largest absolute Gasteiger partial charge is 0.344 e. The molecule has 1 unspecified atom stereocenters. The average molecular weight is 156 g/mol. The van der Waals surface area contributed by atoms with E-state index >= 15 is 0 Å². The Labute approximate surface area is 54.6 Å². The van der Waals surface area contributed by atoms with Crippen LogP contribution in [-0.4, -0.2) is 24.8 Å². The van der Waals surface area contributed by atoms with Gasteiger partial charge in [-0.3, -0.25) is 4.55 Å². The van der Waals surface area contributed by atoms with Crippen LogP contribution in [0.5, 0.6) is 0 Å². The van der Waals surface area contributed by atoms with Gasteiger partial charge >= 0.3 is 0 Å². The van der Waals surface area contributed by atoms with Gasteiger partial charge in [-0.15, -0.1) is 0 Å². The molecular formula is C3H12N2O3S. The summed E-state index contributed by atoms with van der Waals surface area (Å²) in [6.45, 7) is 1.30. The van der Waals surface area contributed by atoms with E-state index in [0.29, 0.717) is 0 Å². The summed E-state index contributed by atoms with van der Waals surface area (Å²) in [6.07, 6.45) is 0. The van der Waals surface area contributed by atoms with E-state index in [1.54, 1.807) is 0 Å². The van der Waals surface area contributed by atoms with Crippen molar-refractivity contribution in [3.05, 3.63) is 0 Å². The highest BCUT2D eigenvalue weighted by atomic mass is 32.2. The van der Waals surface area contributed by atoms with Gasteiger partial charge < -0.3 is 11.9 Å². The summed E-state index contributed by atoms with van der Waals surface area (Å²) < 4.78 is 28.3. The summed E-state index contributed by atoms with van der Waals surface area (Å²) in [7, 11) is -3.88. The Hall–Kier alpha value is -0.170. The fourth-order valence-corrected chi connectivity index (χ4v) is 0.365. The first-order valence-electron chi connectivity index (χ1n) is 2.15. The monoisotopic (exact) mass is 156 g/mol. The molecule has 0 amide bonds. The first kappa shape index (κ1) is 11.6. The maximum absolute atomic E-state index is 10.0. The normalized spacial score (nSPS) is 14.1. The van der Waals surface area contributed by atoms with Gasteiger partial charge in [0.2, 0.25) is 0 Å². The molecule has 0 fully saturated rings.